The van der Waals surface area contributed by atoms with Gasteiger partial charge in [-0.3, -0.25) is 9.59 Å². The van der Waals surface area contributed by atoms with Crippen LogP contribution in [-0.2, 0) is 4.79 Å². The van der Waals surface area contributed by atoms with Crippen molar-refractivity contribution in [1.29, 1.82) is 5.26 Å². The molecule has 6 heteroatoms. The van der Waals surface area contributed by atoms with Crippen LogP contribution in [0.3, 0.4) is 0 Å². The van der Waals surface area contributed by atoms with E-state index in [1.54, 1.807) is 42.5 Å². The molecule has 1 amide bonds. The highest BCUT2D eigenvalue weighted by atomic mass is 16.5. The molecule has 0 atom stereocenters. The van der Waals surface area contributed by atoms with Gasteiger partial charge in [-0.05, 0) is 49.7 Å². The Morgan fingerprint density at radius 2 is 1.78 bits per heavy atom. The highest BCUT2D eigenvalue weighted by Gasteiger charge is 2.11. The lowest BCUT2D eigenvalue weighted by molar-refractivity contribution is -0.116. The number of hydrogen-bond donors (Lipinski definition) is 1. The maximum absolute atomic E-state index is 12.3. The molecule has 0 aliphatic carbocycles. The molecule has 1 N–H and O–H groups in total. The number of nitrogens with one attached hydrogen (secondary N) is 1. The van der Waals surface area contributed by atoms with E-state index in [1.807, 2.05) is 19.9 Å². The summed E-state index contributed by atoms with van der Waals surface area (Å²) in [6.07, 6.45) is 1.24. The van der Waals surface area contributed by atoms with Crippen molar-refractivity contribution in [3.8, 4) is 17.6 Å². The van der Waals surface area contributed by atoms with E-state index < -0.39 is 0 Å². The van der Waals surface area contributed by atoms with Crippen molar-refractivity contribution < 1.29 is 19.1 Å². The molecule has 0 heterocycles. The Balaban J connectivity index is 1.99. The second-order valence-corrected chi connectivity index (χ2v) is 5.79. The number of hydrogen-bond acceptors (Lipinski definition) is 5. The Morgan fingerprint density at radius 1 is 1.04 bits per heavy atom. The fourth-order valence-corrected chi connectivity index (χ4v) is 2.38. The molecule has 0 saturated heterocycles. The Bertz CT molecular complexity index is 838. The van der Waals surface area contributed by atoms with E-state index in [4.69, 9.17) is 14.7 Å². The van der Waals surface area contributed by atoms with Crippen LogP contribution in [0.5, 0.6) is 11.5 Å². The third-order valence-corrected chi connectivity index (χ3v) is 3.70. The largest absolute Gasteiger partial charge is 0.490 e. The lowest BCUT2D eigenvalue weighted by Crippen LogP contribution is -2.13. The average Bonchev–Trinajstić information content (AvgIpc) is 2.67. The van der Waals surface area contributed by atoms with Crippen molar-refractivity contribution in [3.63, 3.8) is 0 Å². The minimum atomic E-state index is -0.201. The summed E-state index contributed by atoms with van der Waals surface area (Å²) in [7, 11) is 0. The highest BCUT2D eigenvalue weighted by molar-refractivity contribution is 5.98. The molecule has 0 unspecified atom stereocenters. The number of ketones is 1. The van der Waals surface area contributed by atoms with Gasteiger partial charge in [0.25, 0.3) is 0 Å². The first kappa shape index (κ1) is 20.0. The Labute approximate surface area is 158 Å². The topological polar surface area (TPSA) is 88.4 Å². The predicted octanol–water partition coefficient (Wildman–Crippen LogP) is 3.96. The summed E-state index contributed by atoms with van der Waals surface area (Å²) in [4.78, 5) is 23.9. The SMILES string of the molecule is CCCC(=O)Nc1ccc(C(=O)COc2ccc(C#N)cc2OCC)cc1. The lowest BCUT2D eigenvalue weighted by Gasteiger charge is -2.12. The fraction of sp³-hybridized carbons (Fsp3) is 0.286. The van der Waals surface area contributed by atoms with Gasteiger partial charge in [0.05, 0.1) is 18.2 Å². The zero-order valence-electron chi connectivity index (χ0n) is 15.5. The normalized spacial score (nSPS) is 9.96. The van der Waals surface area contributed by atoms with Crippen LogP contribution in [0, 0.1) is 11.3 Å². The molecule has 2 aromatic carbocycles. The number of amides is 1. The third kappa shape index (κ3) is 5.86. The van der Waals surface area contributed by atoms with Gasteiger partial charge >= 0.3 is 0 Å². The van der Waals surface area contributed by atoms with Gasteiger partial charge in [-0.25, -0.2) is 0 Å². The standard InChI is InChI=1S/C21H22N2O4/c1-3-5-21(25)23-17-9-7-16(8-10-17)18(24)14-27-19-11-6-15(13-22)12-20(19)26-4-2/h6-12H,3-5,14H2,1-2H3,(H,23,25). The van der Waals surface area contributed by atoms with Crippen molar-refractivity contribution in [2.45, 2.75) is 26.7 Å². The summed E-state index contributed by atoms with van der Waals surface area (Å²) in [5.74, 6) is 0.586. The van der Waals surface area contributed by atoms with Gasteiger partial charge in [-0.2, -0.15) is 5.26 Å². The van der Waals surface area contributed by atoms with Gasteiger partial charge in [0, 0.05) is 23.7 Å². The lowest BCUT2D eigenvalue weighted by atomic mass is 10.1. The number of carbonyl (C=O) groups is 2. The van der Waals surface area contributed by atoms with E-state index >= 15 is 0 Å². The quantitative estimate of drug-likeness (QED) is 0.679. The number of nitriles is 1. The molecule has 0 fully saturated rings. The zero-order chi connectivity index (χ0) is 19.6. The average molecular weight is 366 g/mol. The number of anilines is 1. The van der Waals surface area contributed by atoms with E-state index in [2.05, 4.69) is 5.32 Å². The van der Waals surface area contributed by atoms with Crippen LogP contribution in [0.25, 0.3) is 0 Å². The van der Waals surface area contributed by atoms with Gasteiger partial charge in [-0.1, -0.05) is 6.92 Å². The van der Waals surface area contributed by atoms with Crippen LogP contribution in [-0.4, -0.2) is 24.9 Å². The first-order valence-electron chi connectivity index (χ1n) is 8.80. The van der Waals surface area contributed by atoms with Gasteiger partial charge in [0.1, 0.15) is 0 Å². The van der Waals surface area contributed by atoms with Crippen molar-refractivity contribution in [2.75, 3.05) is 18.5 Å². The monoisotopic (exact) mass is 366 g/mol. The Hall–Kier alpha value is -3.33. The summed E-state index contributed by atoms with van der Waals surface area (Å²) in [6, 6.07) is 13.5. The number of nitrogens with zero attached hydrogens (tertiary/aromatic N) is 1. The number of benzene rings is 2. The van der Waals surface area contributed by atoms with E-state index in [0.717, 1.165) is 6.42 Å². The minimum Gasteiger partial charge on any atom is -0.490 e. The molecular weight excluding hydrogens is 344 g/mol. The molecule has 27 heavy (non-hydrogen) atoms. The summed E-state index contributed by atoms with van der Waals surface area (Å²) in [5.41, 5.74) is 1.59. The second-order valence-electron chi connectivity index (χ2n) is 5.79. The van der Waals surface area contributed by atoms with E-state index in [0.29, 0.717) is 41.3 Å². The van der Waals surface area contributed by atoms with Gasteiger partial charge in [0.2, 0.25) is 5.91 Å². The molecule has 6 nitrogen and oxygen atoms in total. The van der Waals surface area contributed by atoms with E-state index in [1.165, 1.54) is 0 Å². The van der Waals surface area contributed by atoms with Crippen LogP contribution >= 0.6 is 0 Å². The number of carbonyl (C=O) groups excluding carboxylic acids is 2. The summed E-state index contributed by atoms with van der Waals surface area (Å²) in [6.45, 7) is 4.03. The zero-order valence-corrected chi connectivity index (χ0v) is 15.5. The smallest absolute Gasteiger partial charge is 0.224 e. The van der Waals surface area contributed by atoms with Crippen LogP contribution in [0.1, 0.15) is 42.6 Å². The molecule has 0 radical (unpaired) electrons. The molecule has 0 spiro atoms. The maximum atomic E-state index is 12.3. The second kappa shape index (κ2) is 9.97. The summed E-state index contributed by atoms with van der Waals surface area (Å²) in [5, 5.41) is 11.7. The molecule has 0 saturated carbocycles. The first-order chi connectivity index (χ1) is 13.1. The molecule has 0 bridgehead atoms. The van der Waals surface area contributed by atoms with Gasteiger partial charge in [0.15, 0.2) is 23.9 Å². The molecule has 0 aliphatic heterocycles. The van der Waals surface area contributed by atoms with Gasteiger partial charge in [-0.15, -0.1) is 0 Å². The molecule has 2 aromatic rings. The first-order valence-corrected chi connectivity index (χ1v) is 8.80. The van der Waals surface area contributed by atoms with Crippen LogP contribution in [0.15, 0.2) is 42.5 Å². The fourth-order valence-electron chi connectivity index (χ4n) is 2.38. The number of Topliss-reactive ketones (excluding diaryl/α,β-unsaturated/α-hetero) is 1. The van der Waals surface area contributed by atoms with Gasteiger partial charge < -0.3 is 14.8 Å². The van der Waals surface area contributed by atoms with E-state index in [9.17, 15) is 9.59 Å². The summed E-state index contributed by atoms with van der Waals surface area (Å²) < 4.78 is 11.0. The minimum absolute atomic E-state index is 0.0517. The molecule has 0 aliphatic rings. The summed E-state index contributed by atoms with van der Waals surface area (Å²) >= 11 is 0. The molecule has 140 valence electrons. The van der Waals surface area contributed by atoms with E-state index in [-0.39, 0.29) is 18.3 Å². The van der Waals surface area contributed by atoms with Crippen LogP contribution < -0.4 is 14.8 Å². The van der Waals surface area contributed by atoms with Crippen LogP contribution in [0.2, 0.25) is 0 Å². The number of rotatable bonds is 9. The van der Waals surface area contributed by atoms with Crippen LogP contribution in [0.4, 0.5) is 5.69 Å². The predicted molar refractivity (Wildman–Crippen MR) is 102 cm³/mol. The molecule has 0 aromatic heterocycles. The Kier molecular flexibility index (Phi) is 7.38. The molecular formula is C21H22N2O4. The van der Waals surface area contributed by atoms with Crippen molar-refractivity contribution in [2.24, 2.45) is 0 Å². The molecule has 2 rings (SSSR count). The highest BCUT2D eigenvalue weighted by Crippen LogP contribution is 2.28. The number of ether oxygens (including phenoxy) is 2. The van der Waals surface area contributed by atoms with Crippen molar-refractivity contribution in [3.05, 3.63) is 53.6 Å². The maximum Gasteiger partial charge on any atom is 0.224 e. The van der Waals surface area contributed by atoms with Crippen molar-refractivity contribution >= 4 is 17.4 Å². The van der Waals surface area contributed by atoms with Crippen molar-refractivity contribution in [1.82, 2.24) is 0 Å². The third-order valence-electron chi connectivity index (χ3n) is 3.70. The Morgan fingerprint density at radius 3 is 2.41 bits per heavy atom.